The van der Waals surface area contributed by atoms with Gasteiger partial charge in [0, 0.05) is 5.88 Å². The average Bonchev–Trinajstić information content (AvgIpc) is 2.98. The van der Waals surface area contributed by atoms with E-state index in [1.807, 2.05) is 12.1 Å². The summed E-state index contributed by atoms with van der Waals surface area (Å²) in [5.74, 6) is 1.12. The van der Waals surface area contributed by atoms with Gasteiger partial charge in [-0.15, -0.1) is 22.9 Å². The van der Waals surface area contributed by atoms with Crippen LogP contribution in [0, 0.1) is 5.21 Å². The quantitative estimate of drug-likeness (QED) is 0.264. The summed E-state index contributed by atoms with van der Waals surface area (Å²) in [4.78, 5) is 4.55. The monoisotopic (exact) mass is 366 g/mol. The summed E-state index contributed by atoms with van der Waals surface area (Å²) in [6, 6.07) is 5.57. The van der Waals surface area contributed by atoms with Gasteiger partial charge in [-0.3, -0.25) is 0 Å². The van der Waals surface area contributed by atoms with Crippen LogP contribution in [0.25, 0.3) is 21.1 Å². The summed E-state index contributed by atoms with van der Waals surface area (Å²) in [6.07, 6.45) is 3.52. The first-order valence-electron chi connectivity index (χ1n) is 7.94. The van der Waals surface area contributed by atoms with Crippen LogP contribution in [-0.4, -0.2) is 30.7 Å². The van der Waals surface area contributed by atoms with E-state index in [9.17, 15) is 5.21 Å². The standard InChI is InChI=1S/C17H19ClN2O3S/c1-2-3-16-19-14-11-20(21)15-10-12(23-9-8-22-7-6-18)4-5-13(15)17(14)24-16/h4-5,10-11H,2-3,6-9H2,1H3. The molecule has 0 aliphatic carbocycles. The second-order valence-electron chi connectivity index (χ2n) is 5.36. The van der Waals surface area contributed by atoms with Crippen molar-refractivity contribution in [1.82, 2.24) is 4.98 Å². The number of rotatable bonds is 8. The van der Waals surface area contributed by atoms with Gasteiger partial charge in [-0.2, -0.15) is 4.73 Å². The van der Waals surface area contributed by atoms with Gasteiger partial charge in [0.2, 0.25) is 11.7 Å². The van der Waals surface area contributed by atoms with Crippen molar-refractivity contribution >= 4 is 44.1 Å². The number of hydrogen-bond acceptors (Lipinski definition) is 5. The fourth-order valence-electron chi connectivity index (χ4n) is 2.51. The molecule has 1 aromatic carbocycles. The molecule has 0 bridgehead atoms. The molecule has 0 aliphatic rings. The Labute approximate surface area is 149 Å². The molecule has 3 rings (SSSR count). The van der Waals surface area contributed by atoms with Gasteiger partial charge in [0.25, 0.3) is 0 Å². The normalized spacial score (nSPS) is 11.4. The maximum absolute atomic E-state index is 12.3. The van der Waals surface area contributed by atoms with Crippen LogP contribution in [0.15, 0.2) is 24.4 Å². The highest BCUT2D eigenvalue weighted by atomic mass is 35.5. The molecule has 2 heterocycles. The minimum Gasteiger partial charge on any atom is -0.618 e. The number of hydrogen-bond donors (Lipinski definition) is 0. The van der Waals surface area contributed by atoms with Crippen LogP contribution in [0.3, 0.4) is 0 Å². The lowest BCUT2D eigenvalue weighted by Gasteiger charge is -2.08. The van der Waals surface area contributed by atoms with Gasteiger partial charge < -0.3 is 14.7 Å². The molecule has 0 radical (unpaired) electrons. The van der Waals surface area contributed by atoms with Gasteiger partial charge in [0.1, 0.15) is 17.9 Å². The smallest absolute Gasteiger partial charge is 0.229 e. The van der Waals surface area contributed by atoms with Crippen LogP contribution < -0.4 is 9.47 Å². The molecule has 0 spiro atoms. The van der Waals surface area contributed by atoms with Crippen LogP contribution >= 0.6 is 22.9 Å². The van der Waals surface area contributed by atoms with Crippen molar-refractivity contribution in [2.24, 2.45) is 0 Å². The van der Waals surface area contributed by atoms with Gasteiger partial charge in [-0.25, -0.2) is 4.98 Å². The number of benzene rings is 1. The average molecular weight is 367 g/mol. The summed E-state index contributed by atoms with van der Waals surface area (Å²) in [7, 11) is 0. The Morgan fingerprint density at radius 1 is 1.29 bits per heavy atom. The number of thiazole rings is 1. The van der Waals surface area contributed by atoms with E-state index in [1.165, 1.54) is 0 Å². The van der Waals surface area contributed by atoms with Crippen molar-refractivity contribution in [3.8, 4) is 5.75 Å². The van der Waals surface area contributed by atoms with E-state index in [-0.39, 0.29) is 0 Å². The van der Waals surface area contributed by atoms with E-state index in [1.54, 1.807) is 23.6 Å². The number of alkyl halides is 1. The summed E-state index contributed by atoms with van der Waals surface area (Å²) < 4.78 is 12.8. The number of aryl methyl sites for hydroxylation is 1. The maximum Gasteiger partial charge on any atom is 0.229 e. The molecule has 0 aliphatic heterocycles. The number of fused-ring (bicyclic) bond motifs is 3. The Morgan fingerprint density at radius 3 is 2.96 bits per heavy atom. The zero-order chi connectivity index (χ0) is 16.9. The molecule has 0 unspecified atom stereocenters. The van der Waals surface area contributed by atoms with Crippen LogP contribution in [0.1, 0.15) is 18.4 Å². The molecule has 0 atom stereocenters. The number of halogens is 1. The number of nitrogens with zero attached hydrogens (tertiary/aromatic N) is 2. The first-order valence-corrected chi connectivity index (χ1v) is 9.30. The Morgan fingerprint density at radius 2 is 2.17 bits per heavy atom. The van der Waals surface area contributed by atoms with Crippen molar-refractivity contribution in [3.05, 3.63) is 34.6 Å². The summed E-state index contributed by atoms with van der Waals surface area (Å²) in [5.41, 5.74) is 1.35. The largest absolute Gasteiger partial charge is 0.618 e. The third-order valence-corrected chi connectivity index (χ3v) is 4.89. The van der Waals surface area contributed by atoms with Crippen molar-refractivity contribution in [3.63, 3.8) is 0 Å². The van der Waals surface area contributed by atoms with Gasteiger partial charge in [0.15, 0.2) is 0 Å². The Kier molecular flexibility index (Phi) is 5.71. The minimum absolute atomic E-state index is 0.421. The lowest BCUT2D eigenvalue weighted by molar-refractivity contribution is -0.575. The van der Waals surface area contributed by atoms with E-state index in [4.69, 9.17) is 21.1 Å². The minimum atomic E-state index is 0.421. The van der Waals surface area contributed by atoms with E-state index in [0.717, 1.165) is 38.2 Å². The molecule has 0 amide bonds. The number of ether oxygens (including phenoxy) is 2. The summed E-state index contributed by atoms with van der Waals surface area (Å²) in [5, 5.41) is 14.3. The molecule has 0 saturated carbocycles. The molecule has 5 nitrogen and oxygen atoms in total. The fraction of sp³-hybridized carbons (Fsp3) is 0.412. The van der Waals surface area contributed by atoms with E-state index >= 15 is 0 Å². The molecular weight excluding hydrogens is 348 g/mol. The molecule has 128 valence electrons. The Balaban J connectivity index is 1.86. The highest BCUT2D eigenvalue weighted by Gasteiger charge is 2.15. The van der Waals surface area contributed by atoms with Crippen LogP contribution in [0.5, 0.6) is 5.75 Å². The molecule has 0 N–H and O–H groups in total. The van der Waals surface area contributed by atoms with Crippen molar-refractivity contribution < 1.29 is 14.2 Å². The third kappa shape index (κ3) is 3.71. The molecular formula is C17H19ClN2O3S. The number of aromatic nitrogens is 2. The van der Waals surface area contributed by atoms with E-state index in [2.05, 4.69) is 11.9 Å². The third-order valence-electron chi connectivity index (χ3n) is 3.57. The van der Waals surface area contributed by atoms with E-state index < -0.39 is 0 Å². The molecule has 2 aromatic heterocycles. The lowest BCUT2D eigenvalue weighted by atomic mass is 10.2. The fourth-order valence-corrected chi connectivity index (χ4v) is 3.79. The SMILES string of the molecule is CCCc1nc2c[n+]([O-])c3cc(OCCOCCCl)ccc3c2s1. The Bertz CT molecular complexity index is 837. The summed E-state index contributed by atoms with van der Waals surface area (Å²) >= 11 is 7.20. The molecule has 3 aromatic rings. The first kappa shape index (κ1) is 17.2. The predicted octanol–water partition coefficient (Wildman–Crippen LogP) is 3.67. The van der Waals surface area contributed by atoms with Crippen LogP contribution in [-0.2, 0) is 11.2 Å². The van der Waals surface area contributed by atoms with Crippen molar-refractivity contribution in [2.45, 2.75) is 19.8 Å². The van der Waals surface area contributed by atoms with Gasteiger partial charge in [-0.05, 0) is 25.0 Å². The predicted molar refractivity (Wildman–Crippen MR) is 97.1 cm³/mol. The molecule has 24 heavy (non-hydrogen) atoms. The summed E-state index contributed by atoms with van der Waals surface area (Å²) in [6.45, 7) is 3.52. The molecule has 0 fully saturated rings. The zero-order valence-electron chi connectivity index (χ0n) is 13.5. The topological polar surface area (TPSA) is 58.3 Å². The van der Waals surface area contributed by atoms with Crippen molar-refractivity contribution in [1.29, 1.82) is 0 Å². The molecule has 0 saturated heterocycles. The van der Waals surface area contributed by atoms with Crippen LogP contribution in [0.2, 0.25) is 0 Å². The second-order valence-corrected chi connectivity index (χ2v) is 6.82. The lowest BCUT2D eigenvalue weighted by Crippen LogP contribution is -2.26. The molecule has 7 heteroatoms. The highest BCUT2D eigenvalue weighted by molar-refractivity contribution is 7.19. The Hall–Kier alpha value is -1.63. The van der Waals surface area contributed by atoms with Gasteiger partial charge >= 0.3 is 0 Å². The highest BCUT2D eigenvalue weighted by Crippen LogP contribution is 2.30. The zero-order valence-corrected chi connectivity index (χ0v) is 15.0. The van der Waals surface area contributed by atoms with Crippen LogP contribution in [0.4, 0.5) is 0 Å². The van der Waals surface area contributed by atoms with Crippen molar-refractivity contribution in [2.75, 3.05) is 25.7 Å². The maximum atomic E-state index is 12.3. The number of pyridine rings is 1. The van der Waals surface area contributed by atoms with Gasteiger partial charge in [0.05, 0.1) is 34.4 Å². The second kappa shape index (κ2) is 7.96. The first-order chi connectivity index (χ1) is 11.7. The van der Waals surface area contributed by atoms with Gasteiger partial charge in [-0.1, -0.05) is 6.92 Å². The van der Waals surface area contributed by atoms with E-state index in [0.29, 0.717) is 37.0 Å².